The van der Waals surface area contributed by atoms with Crippen LogP contribution < -0.4 is 10.2 Å². The Morgan fingerprint density at radius 3 is 2.86 bits per heavy atom. The number of sulfone groups is 1. The minimum Gasteiger partial charge on any atom is -0.504 e. The van der Waals surface area contributed by atoms with Gasteiger partial charge in [0.25, 0.3) is 0 Å². The fraction of sp³-hybridized carbons (Fsp3) is 0.385. The Labute approximate surface area is 136 Å². The molecule has 1 aromatic carbocycles. The van der Waals surface area contributed by atoms with Crippen LogP contribution in [0.2, 0.25) is 0 Å². The van der Waals surface area contributed by atoms with Crippen LogP contribution in [0.15, 0.2) is 21.7 Å². The number of amides is 1. The van der Waals surface area contributed by atoms with E-state index in [0.29, 0.717) is 16.5 Å². The van der Waals surface area contributed by atoms with Gasteiger partial charge in [-0.2, -0.15) is 5.10 Å². The van der Waals surface area contributed by atoms with Crippen LogP contribution >= 0.6 is 15.9 Å². The molecule has 1 amide bonds. The van der Waals surface area contributed by atoms with Gasteiger partial charge in [0.1, 0.15) is 0 Å². The predicted octanol–water partition coefficient (Wildman–Crippen LogP) is 1.05. The van der Waals surface area contributed by atoms with Crippen LogP contribution in [-0.4, -0.2) is 44.3 Å². The van der Waals surface area contributed by atoms with Crippen molar-refractivity contribution in [2.75, 3.05) is 18.6 Å². The number of carbonyl (C=O) groups excluding carboxylic acids is 1. The summed E-state index contributed by atoms with van der Waals surface area (Å²) >= 11 is 3.27. The summed E-state index contributed by atoms with van der Waals surface area (Å²) in [5.74, 6) is -0.981. The summed E-state index contributed by atoms with van der Waals surface area (Å²) in [5, 5.41) is 13.7. The molecule has 1 aliphatic heterocycles. The molecular formula is C13H15BrN2O5S. The number of phenolic OH excluding ortho intramolecular Hbond substituents is 1. The van der Waals surface area contributed by atoms with E-state index in [9.17, 15) is 18.3 Å². The first kappa shape index (κ1) is 16.8. The summed E-state index contributed by atoms with van der Waals surface area (Å²) in [6.45, 7) is 0. The van der Waals surface area contributed by atoms with E-state index in [0.717, 1.165) is 0 Å². The quantitative estimate of drug-likeness (QED) is 0.590. The monoisotopic (exact) mass is 390 g/mol. The fourth-order valence-corrected chi connectivity index (χ4v) is 4.30. The second-order valence-corrected chi connectivity index (χ2v) is 8.02. The molecule has 1 aromatic rings. The molecule has 120 valence electrons. The lowest BCUT2D eigenvalue weighted by Crippen LogP contribution is -2.27. The lowest BCUT2D eigenvalue weighted by molar-refractivity contribution is -0.124. The van der Waals surface area contributed by atoms with Gasteiger partial charge in [-0.25, -0.2) is 13.8 Å². The third kappa shape index (κ3) is 3.98. The van der Waals surface area contributed by atoms with Gasteiger partial charge in [0.05, 0.1) is 30.7 Å². The average Bonchev–Trinajstić information content (AvgIpc) is 2.82. The number of hydrogen-bond donors (Lipinski definition) is 2. The van der Waals surface area contributed by atoms with Crippen molar-refractivity contribution >= 4 is 37.9 Å². The second-order valence-electron chi connectivity index (χ2n) is 4.88. The van der Waals surface area contributed by atoms with E-state index in [1.54, 1.807) is 12.1 Å². The van der Waals surface area contributed by atoms with E-state index in [1.165, 1.54) is 13.3 Å². The van der Waals surface area contributed by atoms with E-state index in [4.69, 9.17) is 4.74 Å². The van der Waals surface area contributed by atoms with Gasteiger partial charge in [-0.3, -0.25) is 4.79 Å². The predicted molar refractivity (Wildman–Crippen MR) is 84.9 cm³/mol. The number of methoxy groups -OCH3 is 1. The highest BCUT2D eigenvalue weighted by molar-refractivity contribution is 9.10. The zero-order valence-corrected chi connectivity index (χ0v) is 14.1. The summed E-state index contributed by atoms with van der Waals surface area (Å²) < 4.78 is 28.3. The fourth-order valence-electron chi connectivity index (χ4n) is 2.11. The molecule has 0 aromatic heterocycles. The summed E-state index contributed by atoms with van der Waals surface area (Å²) in [6, 6.07) is 3.20. The van der Waals surface area contributed by atoms with Crippen molar-refractivity contribution < 1.29 is 23.1 Å². The smallest absolute Gasteiger partial charge is 0.244 e. The number of phenols is 1. The number of rotatable bonds is 4. The standard InChI is InChI=1S/C13H15BrN2O5S/c1-21-11-5-10(14)4-9(12(11)17)6-15-16-13(18)8-2-3-22(19,20)7-8/h4-6,8,17H,2-3,7H2,1H3,(H,16,18)/b15-6+/t8-/m1/s1. The third-order valence-corrected chi connectivity index (χ3v) is 5.50. The van der Waals surface area contributed by atoms with Gasteiger partial charge in [0.2, 0.25) is 5.91 Å². The molecule has 0 radical (unpaired) electrons. The third-order valence-electron chi connectivity index (χ3n) is 3.27. The van der Waals surface area contributed by atoms with Gasteiger partial charge in [-0.05, 0) is 18.6 Å². The molecule has 22 heavy (non-hydrogen) atoms. The molecule has 0 bridgehead atoms. The van der Waals surface area contributed by atoms with Gasteiger partial charge < -0.3 is 9.84 Å². The first-order valence-electron chi connectivity index (χ1n) is 6.42. The van der Waals surface area contributed by atoms with E-state index in [1.807, 2.05) is 0 Å². The Kier molecular flexibility index (Phi) is 5.07. The molecule has 0 saturated carbocycles. The summed E-state index contributed by atoms with van der Waals surface area (Å²) in [7, 11) is -1.69. The van der Waals surface area contributed by atoms with E-state index >= 15 is 0 Å². The number of hydrogen-bond acceptors (Lipinski definition) is 6. The number of aromatic hydroxyl groups is 1. The number of carbonyl (C=O) groups is 1. The molecule has 7 nitrogen and oxygen atoms in total. The lowest BCUT2D eigenvalue weighted by Gasteiger charge is -2.07. The van der Waals surface area contributed by atoms with Crippen molar-refractivity contribution in [1.29, 1.82) is 0 Å². The lowest BCUT2D eigenvalue weighted by atomic mass is 10.1. The molecule has 1 fully saturated rings. The average molecular weight is 391 g/mol. The first-order valence-corrected chi connectivity index (χ1v) is 9.03. The number of benzene rings is 1. The largest absolute Gasteiger partial charge is 0.504 e. The molecule has 2 N–H and O–H groups in total. The van der Waals surface area contributed by atoms with Crippen molar-refractivity contribution in [3.63, 3.8) is 0 Å². The summed E-state index contributed by atoms with van der Waals surface area (Å²) in [6.07, 6.45) is 1.57. The van der Waals surface area contributed by atoms with Gasteiger partial charge in [0.15, 0.2) is 21.3 Å². The first-order chi connectivity index (χ1) is 10.3. The molecule has 1 atom stereocenters. The molecular weight excluding hydrogens is 376 g/mol. The number of nitrogens with zero attached hydrogens (tertiary/aromatic N) is 1. The molecule has 1 saturated heterocycles. The maximum Gasteiger partial charge on any atom is 0.244 e. The van der Waals surface area contributed by atoms with Crippen LogP contribution in [0.5, 0.6) is 11.5 Å². The van der Waals surface area contributed by atoms with Crippen LogP contribution in [0.4, 0.5) is 0 Å². The molecule has 0 unspecified atom stereocenters. The summed E-state index contributed by atoms with van der Waals surface area (Å²) in [5.41, 5.74) is 2.65. The normalized spacial score (nSPS) is 20.2. The molecule has 0 spiro atoms. The van der Waals surface area contributed by atoms with Crippen molar-refractivity contribution in [3.8, 4) is 11.5 Å². The summed E-state index contributed by atoms with van der Waals surface area (Å²) in [4.78, 5) is 11.8. The Morgan fingerprint density at radius 1 is 1.55 bits per heavy atom. The van der Waals surface area contributed by atoms with E-state index < -0.39 is 21.7 Å². The minimum absolute atomic E-state index is 0.0262. The van der Waals surface area contributed by atoms with Gasteiger partial charge in [-0.15, -0.1) is 0 Å². The SMILES string of the molecule is COc1cc(Br)cc(/C=N/NC(=O)[C@@H]2CCS(=O)(=O)C2)c1O. The Bertz CT molecular complexity index is 717. The Morgan fingerprint density at radius 2 is 2.27 bits per heavy atom. The molecule has 1 heterocycles. The van der Waals surface area contributed by atoms with Crippen molar-refractivity contribution in [2.24, 2.45) is 11.0 Å². The van der Waals surface area contributed by atoms with Gasteiger partial charge in [-0.1, -0.05) is 15.9 Å². The van der Waals surface area contributed by atoms with Crippen LogP contribution in [0, 0.1) is 5.92 Å². The Balaban J connectivity index is 2.04. The maximum atomic E-state index is 11.8. The maximum absolute atomic E-state index is 11.8. The minimum atomic E-state index is -3.11. The van der Waals surface area contributed by atoms with E-state index in [2.05, 4.69) is 26.5 Å². The topological polar surface area (TPSA) is 105 Å². The van der Waals surface area contributed by atoms with Crippen molar-refractivity contribution in [3.05, 3.63) is 22.2 Å². The molecule has 0 aliphatic carbocycles. The van der Waals surface area contributed by atoms with Crippen molar-refractivity contribution in [2.45, 2.75) is 6.42 Å². The zero-order valence-electron chi connectivity index (χ0n) is 11.7. The van der Waals surface area contributed by atoms with Crippen LogP contribution in [0.3, 0.4) is 0 Å². The molecule has 1 aliphatic rings. The van der Waals surface area contributed by atoms with Crippen LogP contribution in [0.25, 0.3) is 0 Å². The molecule has 9 heteroatoms. The number of nitrogens with one attached hydrogen (secondary N) is 1. The highest BCUT2D eigenvalue weighted by Crippen LogP contribution is 2.32. The highest BCUT2D eigenvalue weighted by Gasteiger charge is 2.32. The van der Waals surface area contributed by atoms with Crippen LogP contribution in [-0.2, 0) is 14.6 Å². The van der Waals surface area contributed by atoms with E-state index in [-0.39, 0.29) is 23.0 Å². The molecule has 2 rings (SSSR count). The van der Waals surface area contributed by atoms with Crippen molar-refractivity contribution in [1.82, 2.24) is 5.43 Å². The van der Waals surface area contributed by atoms with Gasteiger partial charge >= 0.3 is 0 Å². The number of halogens is 1. The zero-order chi connectivity index (χ0) is 16.3. The number of ether oxygens (including phenoxy) is 1. The second kappa shape index (κ2) is 6.66. The number of hydrazone groups is 1. The van der Waals surface area contributed by atoms with Gasteiger partial charge in [0, 0.05) is 10.0 Å². The van der Waals surface area contributed by atoms with Crippen LogP contribution in [0.1, 0.15) is 12.0 Å². The highest BCUT2D eigenvalue weighted by atomic mass is 79.9. The Hall–Kier alpha value is -1.61.